The molecule has 0 unspecified atom stereocenters. The van der Waals surface area contributed by atoms with Crippen LogP contribution in [0.1, 0.15) is 11.3 Å². The Morgan fingerprint density at radius 3 is 2.89 bits per heavy atom. The predicted octanol–water partition coefficient (Wildman–Crippen LogP) is 4.45. The Hall–Kier alpha value is -0.650. The number of thioether (sulfide) groups is 1. The highest BCUT2D eigenvalue weighted by molar-refractivity contribution is 9.10. The van der Waals surface area contributed by atoms with Crippen LogP contribution in [0.15, 0.2) is 22.7 Å². The zero-order valence-electron chi connectivity index (χ0n) is 9.08. The molecule has 6 heteroatoms. The van der Waals surface area contributed by atoms with Crippen LogP contribution in [0, 0.1) is 5.82 Å². The predicted molar refractivity (Wildman–Crippen MR) is 75.1 cm³/mol. The minimum absolute atomic E-state index is 0.331. The van der Waals surface area contributed by atoms with Gasteiger partial charge in [0, 0.05) is 22.6 Å². The summed E-state index contributed by atoms with van der Waals surface area (Å²) in [5.41, 5.74) is 2.60. The molecule has 0 fully saturated rings. The lowest BCUT2D eigenvalue weighted by Crippen LogP contribution is -1.97. The number of fused-ring (bicyclic) bond motifs is 1. The van der Waals surface area contributed by atoms with Crippen LogP contribution in [0.5, 0.6) is 0 Å². The Morgan fingerprint density at radius 2 is 2.11 bits per heavy atom. The quantitative estimate of drug-likeness (QED) is 0.714. The molecule has 1 aromatic heterocycles. The number of rotatable bonds is 1. The summed E-state index contributed by atoms with van der Waals surface area (Å²) in [5, 5.41) is 0.475. The molecule has 0 spiro atoms. The first-order valence-electron chi connectivity index (χ1n) is 5.23. The minimum atomic E-state index is -0.331. The van der Waals surface area contributed by atoms with Crippen LogP contribution in [0.25, 0.3) is 11.4 Å². The molecule has 2 aromatic rings. The molecule has 0 saturated carbocycles. The summed E-state index contributed by atoms with van der Waals surface area (Å²) < 4.78 is 13.9. The Labute approximate surface area is 121 Å². The van der Waals surface area contributed by atoms with Crippen molar-refractivity contribution in [1.82, 2.24) is 9.97 Å². The van der Waals surface area contributed by atoms with E-state index in [1.165, 1.54) is 6.07 Å². The van der Waals surface area contributed by atoms with Crippen LogP contribution in [-0.2, 0) is 11.5 Å². The first kappa shape index (κ1) is 12.4. The fourth-order valence-electron chi connectivity index (χ4n) is 1.78. The maximum absolute atomic E-state index is 13.5. The van der Waals surface area contributed by atoms with Crippen LogP contribution in [0.2, 0.25) is 5.15 Å². The lowest BCUT2D eigenvalue weighted by molar-refractivity contribution is 0.621. The second kappa shape index (κ2) is 4.79. The van der Waals surface area contributed by atoms with Crippen LogP contribution >= 0.6 is 39.3 Å². The third-order valence-electron chi connectivity index (χ3n) is 2.71. The van der Waals surface area contributed by atoms with Crippen molar-refractivity contribution in [1.29, 1.82) is 0 Å². The van der Waals surface area contributed by atoms with E-state index in [1.54, 1.807) is 23.9 Å². The number of hydrogen-bond acceptors (Lipinski definition) is 3. The Kier molecular flexibility index (Phi) is 3.30. The normalized spacial score (nSPS) is 13.7. The maximum atomic E-state index is 13.5. The maximum Gasteiger partial charge on any atom is 0.161 e. The van der Waals surface area contributed by atoms with E-state index in [2.05, 4.69) is 25.9 Å². The smallest absolute Gasteiger partial charge is 0.161 e. The van der Waals surface area contributed by atoms with Crippen molar-refractivity contribution in [3.05, 3.63) is 44.9 Å². The number of benzene rings is 1. The van der Waals surface area contributed by atoms with Gasteiger partial charge in [-0.2, -0.15) is 11.8 Å². The zero-order valence-corrected chi connectivity index (χ0v) is 12.2. The van der Waals surface area contributed by atoms with Gasteiger partial charge in [-0.15, -0.1) is 0 Å². The van der Waals surface area contributed by atoms with Crippen molar-refractivity contribution in [2.45, 2.75) is 11.5 Å². The molecule has 1 aliphatic rings. The molecule has 18 heavy (non-hydrogen) atoms. The molecule has 0 bridgehead atoms. The van der Waals surface area contributed by atoms with Gasteiger partial charge in [0.1, 0.15) is 11.0 Å². The minimum Gasteiger partial charge on any atom is -0.232 e. The average molecular weight is 346 g/mol. The van der Waals surface area contributed by atoms with Gasteiger partial charge in [0.15, 0.2) is 5.82 Å². The third-order valence-corrected chi connectivity index (χ3v) is 4.63. The molecule has 0 saturated heterocycles. The van der Waals surface area contributed by atoms with Crippen molar-refractivity contribution in [3.8, 4) is 11.4 Å². The third kappa shape index (κ3) is 2.15. The summed E-state index contributed by atoms with van der Waals surface area (Å²) >= 11 is 11.0. The molecular formula is C12H7BrClFN2S. The van der Waals surface area contributed by atoms with Crippen LogP contribution in [0.3, 0.4) is 0 Å². The van der Waals surface area contributed by atoms with E-state index in [0.717, 1.165) is 22.8 Å². The van der Waals surface area contributed by atoms with Gasteiger partial charge < -0.3 is 0 Å². The zero-order chi connectivity index (χ0) is 12.7. The lowest BCUT2D eigenvalue weighted by atomic mass is 10.2. The molecule has 1 aromatic carbocycles. The second-order valence-electron chi connectivity index (χ2n) is 3.88. The van der Waals surface area contributed by atoms with E-state index in [0.29, 0.717) is 21.0 Å². The van der Waals surface area contributed by atoms with E-state index in [1.807, 2.05) is 0 Å². The van der Waals surface area contributed by atoms with E-state index >= 15 is 0 Å². The van der Waals surface area contributed by atoms with Crippen molar-refractivity contribution >= 4 is 39.3 Å². The molecule has 0 radical (unpaired) electrons. The van der Waals surface area contributed by atoms with Gasteiger partial charge in [0.05, 0.1) is 10.2 Å². The van der Waals surface area contributed by atoms with E-state index in [4.69, 9.17) is 11.6 Å². The van der Waals surface area contributed by atoms with E-state index in [-0.39, 0.29) is 5.82 Å². The van der Waals surface area contributed by atoms with Gasteiger partial charge in [0.25, 0.3) is 0 Å². The topological polar surface area (TPSA) is 25.8 Å². The number of halogens is 3. The molecule has 92 valence electrons. The van der Waals surface area contributed by atoms with Gasteiger partial charge in [-0.25, -0.2) is 14.4 Å². The SMILES string of the molecule is Fc1cc(-c2nc(Cl)c3c(n2)CSC3)ccc1Br. The molecular weight excluding hydrogens is 339 g/mol. The number of hydrogen-bond donors (Lipinski definition) is 0. The fourth-order valence-corrected chi connectivity index (χ4v) is 3.40. The fraction of sp³-hybridized carbons (Fsp3) is 0.167. The van der Waals surface area contributed by atoms with Crippen molar-refractivity contribution in [3.63, 3.8) is 0 Å². The van der Waals surface area contributed by atoms with Crippen molar-refractivity contribution in [2.24, 2.45) is 0 Å². The van der Waals surface area contributed by atoms with Crippen molar-refractivity contribution < 1.29 is 4.39 Å². The Bertz CT molecular complexity index is 636. The summed E-state index contributed by atoms with van der Waals surface area (Å²) in [6, 6.07) is 4.82. The van der Waals surface area contributed by atoms with Crippen LogP contribution < -0.4 is 0 Å². The molecule has 2 heterocycles. The summed E-state index contributed by atoms with van der Waals surface area (Å²) in [5.74, 6) is 1.84. The number of aromatic nitrogens is 2. The average Bonchev–Trinajstić information content (AvgIpc) is 2.81. The first-order chi connectivity index (χ1) is 8.65. The lowest BCUT2D eigenvalue weighted by Gasteiger charge is -2.05. The molecule has 0 atom stereocenters. The van der Waals surface area contributed by atoms with Crippen molar-refractivity contribution in [2.75, 3.05) is 0 Å². The summed E-state index contributed by atoms with van der Waals surface area (Å²) in [4.78, 5) is 8.70. The summed E-state index contributed by atoms with van der Waals surface area (Å²) in [6.07, 6.45) is 0. The Balaban J connectivity index is 2.12. The Morgan fingerprint density at radius 1 is 1.28 bits per heavy atom. The molecule has 1 aliphatic heterocycles. The van der Waals surface area contributed by atoms with E-state index < -0.39 is 0 Å². The molecule has 0 N–H and O–H groups in total. The summed E-state index contributed by atoms with van der Waals surface area (Å²) in [6.45, 7) is 0. The van der Waals surface area contributed by atoms with Gasteiger partial charge in [-0.3, -0.25) is 0 Å². The van der Waals surface area contributed by atoms with Crippen LogP contribution in [0.4, 0.5) is 4.39 Å². The van der Waals surface area contributed by atoms with Crippen LogP contribution in [-0.4, -0.2) is 9.97 Å². The van der Waals surface area contributed by atoms with Gasteiger partial charge in [-0.1, -0.05) is 11.6 Å². The highest BCUT2D eigenvalue weighted by Crippen LogP contribution is 2.34. The number of nitrogens with zero attached hydrogens (tertiary/aromatic N) is 2. The second-order valence-corrected chi connectivity index (χ2v) is 6.08. The standard InChI is InChI=1S/C12H7BrClFN2S/c13-8-2-1-6(3-9(8)15)12-16-10-5-18-4-7(10)11(14)17-12/h1-3H,4-5H2. The largest absolute Gasteiger partial charge is 0.232 e. The molecule has 0 aliphatic carbocycles. The summed E-state index contributed by atoms with van der Waals surface area (Å²) in [7, 11) is 0. The highest BCUT2D eigenvalue weighted by Gasteiger charge is 2.19. The molecule has 2 nitrogen and oxygen atoms in total. The van der Waals surface area contributed by atoms with E-state index in [9.17, 15) is 4.39 Å². The van der Waals surface area contributed by atoms with Gasteiger partial charge in [0.2, 0.25) is 0 Å². The van der Waals surface area contributed by atoms with Gasteiger partial charge in [-0.05, 0) is 34.1 Å². The first-order valence-corrected chi connectivity index (χ1v) is 7.56. The molecule has 0 amide bonds. The highest BCUT2D eigenvalue weighted by atomic mass is 79.9. The van der Waals surface area contributed by atoms with Gasteiger partial charge >= 0.3 is 0 Å². The molecule has 3 rings (SSSR count). The monoisotopic (exact) mass is 344 g/mol.